The molecule has 0 saturated heterocycles. The predicted molar refractivity (Wildman–Crippen MR) is 62.9 cm³/mol. The van der Waals surface area contributed by atoms with Gasteiger partial charge in [-0.05, 0) is 25.0 Å². The minimum absolute atomic E-state index is 0.0880. The minimum Gasteiger partial charge on any atom is -0.392 e. The zero-order valence-electron chi connectivity index (χ0n) is 10.2. The molecular formula is C13H17F2NO. The first-order chi connectivity index (χ1) is 7.84. The number of hydrogen-bond acceptors (Lipinski definition) is 2. The predicted octanol–water partition coefficient (Wildman–Crippen LogP) is 2.84. The van der Waals surface area contributed by atoms with Gasteiger partial charge >= 0.3 is 0 Å². The quantitative estimate of drug-likeness (QED) is 0.834. The molecule has 17 heavy (non-hydrogen) atoms. The first kappa shape index (κ1) is 12.3. The highest BCUT2D eigenvalue weighted by Crippen LogP contribution is 2.42. The normalized spacial score (nSPS) is 26.5. The molecule has 1 aliphatic rings. The molecule has 2 N–H and O–H groups in total. The van der Waals surface area contributed by atoms with Gasteiger partial charge in [0.2, 0.25) is 0 Å². The van der Waals surface area contributed by atoms with E-state index >= 15 is 0 Å². The molecule has 0 amide bonds. The Labute approximate surface area is 99.7 Å². The maximum atomic E-state index is 13.8. The van der Waals surface area contributed by atoms with Crippen molar-refractivity contribution < 1.29 is 13.9 Å². The van der Waals surface area contributed by atoms with Gasteiger partial charge in [0, 0.05) is 11.5 Å². The van der Waals surface area contributed by atoms with Gasteiger partial charge in [-0.2, -0.15) is 0 Å². The Morgan fingerprint density at radius 3 is 2.53 bits per heavy atom. The number of rotatable bonds is 2. The third-order valence-corrected chi connectivity index (χ3v) is 3.82. The second kappa shape index (κ2) is 3.95. The third kappa shape index (κ3) is 1.90. The molecular weight excluding hydrogens is 224 g/mol. The fraction of sp³-hybridized carbons (Fsp3) is 0.538. The summed E-state index contributed by atoms with van der Waals surface area (Å²) in [7, 11) is 0. The second-order valence-corrected chi connectivity index (χ2v) is 5.32. The summed E-state index contributed by atoms with van der Waals surface area (Å²) in [6.45, 7) is 5.36. The van der Waals surface area contributed by atoms with Crippen LogP contribution in [-0.2, 0) is 0 Å². The molecule has 0 radical (unpaired) electrons. The van der Waals surface area contributed by atoms with Crippen molar-refractivity contribution in [1.29, 1.82) is 0 Å². The van der Waals surface area contributed by atoms with Crippen LogP contribution in [0.2, 0.25) is 0 Å². The topological polar surface area (TPSA) is 32.3 Å². The summed E-state index contributed by atoms with van der Waals surface area (Å²) in [5.41, 5.74) is -0.0376. The summed E-state index contributed by atoms with van der Waals surface area (Å²) in [5.74, 6) is -1.15. The van der Waals surface area contributed by atoms with Crippen molar-refractivity contribution in [2.24, 2.45) is 5.41 Å². The second-order valence-electron chi connectivity index (χ2n) is 5.32. The standard InChI is InChI=1S/C13H17F2NO/c1-7-4-5-8(14)12(11(7)15)16-9-6-10(17)13(9,2)3/h4-5,9-10,16-17H,6H2,1-3H3. The lowest BCUT2D eigenvalue weighted by molar-refractivity contribution is -0.0512. The maximum Gasteiger partial charge on any atom is 0.152 e. The SMILES string of the molecule is Cc1ccc(F)c(NC2CC(O)C2(C)C)c1F. The molecule has 2 nitrogen and oxygen atoms in total. The summed E-state index contributed by atoms with van der Waals surface area (Å²) in [6.07, 6.45) is 0.0933. The van der Waals surface area contributed by atoms with E-state index in [9.17, 15) is 13.9 Å². The Morgan fingerprint density at radius 1 is 1.35 bits per heavy atom. The Hall–Kier alpha value is -1.16. The number of hydrogen-bond donors (Lipinski definition) is 2. The molecule has 1 fully saturated rings. The van der Waals surface area contributed by atoms with Crippen molar-refractivity contribution in [3.05, 3.63) is 29.3 Å². The van der Waals surface area contributed by atoms with Crippen LogP contribution >= 0.6 is 0 Å². The van der Waals surface area contributed by atoms with Gasteiger partial charge in [-0.15, -0.1) is 0 Å². The Bertz CT molecular complexity index is 445. The van der Waals surface area contributed by atoms with Crippen LogP contribution in [0.4, 0.5) is 14.5 Å². The molecule has 2 atom stereocenters. The zero-order valence-corrected chi connectivity index (χ0v) is 10.2. The highest BCUT2D eigenvalue weighted by atomic mass is 19.1. The molecule has 94 valence electrons. The van der Waals surface area contributed by atoms with Gasteiger partial charge in [0.1, 0.15) is 11.5 Å². The van der Waals surface area contributed by atoms with E-state index in [1.165, 1.54) is 12.1 Å². The molecule has 4 heteroatoms. The summed E-state index contributed by atoms with van der Waals surface area (Å²) in [4.78, 5) is 0. The number of nitrogens with one attached hydrogen (secondary N) is 1. The zero-order chi connectivity index (χ0) is 12.8. The number of anilines is 1. The Morgan fingerprint density at radius 2 is 2.00 bits per heavy atom. The Kier molecular flexibility index (Phi) is 2.86. The van der Waals surface area contributed by atoms with E-state index in [1.807, 2.05) is 13.8 Å². The van der Waals surface area contributed by atoms with E-state index in [4.69, 9.17) is 0 Å². The lowest BCUT2D eigenvalue weighted by atomic mass is 9.64. The molecule has 2 unspecified atom stereocenters. The molecule has 0 heterocycles. The fourth-order valence-electron chi connectivity index (χ4n) is 2.11. The summed E-state index contributed by atoms with van der Waals surface area (Å²) in [5, 5.41) is 12.5. The number of benzene rings is 1. The average molecular weight is 241 g/mol. The highest BCUT2D eigenvalue weighted by Gasteiger charge is 2.47. The molecule has 0 spiro atoms. The minimum atomic E-state index is -0.592. The van der Waals surface area contributed by atoms with E-state index in [0.29, 0.717) is 12.0 Å². The van der Waals surface area contributed by atoms with Crippen LogP contribution in [-0.4, -0.2) is 17.3 Å². The maximum absolute atomic E-state index is 13.8. The van der Waals surface area contributed by atoms with E-state index in [2.05, 4.69) is 5.32 Å². The van der Waals surface area contributed by atoms with Crippen molar-refractivity contribution in [3.8, 4) is 0 Å². The van der Waals surface area contributed by atoms with Crippen LogP contribution in [0, 0.1) is 24.0 Å². The van der Waals surface area contributed by atoms with Gasteiger partial charge in [-0.3, -0.25) is 0 Å². The van der Waals surface area contributed by atoms with E-state index in [-0.39, 0.29) is 17.1 Å². The first-order valence-electron chi connectivity index (χ1n) is 5.73. The van der Waals surface area contributed by atoms with Crippen molar-refractivity contribution in [2.45, 2.75) is 39.3 Å². The monoisotopic (exact) mass is 241 g/mol. The van der Waals surface area contributed by atoms with Crippen LogP contribution in [0.5, 0.6) is 0 Å². The number of aliphatic hydroxyl groups excluding tert-OH is 1. The van der Waals surface area contributed by atoms with Crippen LogP contribution in [0.15, 0.2) is 12.1 Å². The van der Waals surface area contributed by atoms with Gasteiger partial charge < -0.3 is 10.4 Å². The first-order valence-corrected chi connectivity index (χ1v) is 5.73. The van der Waals surface area contributed by atoms with Crippen molar-refractivity contribution in [1.82, 2.24) is 0 Å². The molecule has 1 aromatic rings. The molecule has 0 aromatic heterocycles. The smallest absolute Gasteiger partial charge is 0.152 e. The number of aryl methyl sites for hydroxylation is 1. The lowest BCUT2D eigenvalue weighted by Crippen LogP contribution is -2.57. The molecule has 1 aromatic carbocycles. The molecule has 1 aliphatic carbocycles. The number of halogens is 2. The fourth-order valence-corrected chi connectivity index (χ4v) is 2.11. The summed E-state index contributed by atoms with van der Waals surface area (Å²) >= 11 is 0. The van der Waals surface area contributed by atoms with Crippen LogP contribution in [0.25, 0.3) is 0 Å². The largest absolute Gasteiger partial charge is 0.392 e. The van der Waals surface area contributed by atoms with Gasteiger partial charge in [0.05, 0.1) is 6.10 Å². The Balaban J connectivity index is 2.23. The molecule has 0 aliphatic heterocycles. The average Bonchev–Trinajstić information content (AvgIpc) is 2.28. The number of aliphatic hydroxyl groups is 1. The summed E-state index contributed by atoms with van der Waals surface area (Å²) < 4.78 is 27.3. The van der Waals surface area contributed by atoms with Gasteiger partial charge in [-0.1, -0.05) is 19.9 Å². The molecule has 1 saturated carbocycles. The highest BCUT2D eigenvalue weighted by molar-refractivity contribution is 5.50. The van der Waals surface area contributed by atoms with E-state index < -0.39 is 17.7 Å². The van der Waals surface area contributed by atoms with Crippen molar-refractivity contribution in [3.63, 3.8) is 0 Å². The molecule has 2 rings (SSSR count). The van der Waals surface area contributed by atoms with Crippen LogP contribution < -0.4 is 5.32 Å². The van der Waals surface area contributed by atoms with Crippen LogP contribution in [0.3, 0.4) is 0 Å². The van der Waals surface area contributed by atoms with Crippen molar-refractivity contribution in [2.75, 3.05) is 5.32 Å². The summed E-state index contributed by atoms with van der Waals surface area (Å²) in [6, 6.07) is 2.56. The van der Waals surface area contributed by atoms with Crippen molar-refractivity contribution >= 4 is 5.69 Å². The van der Waals surface area contributed by atoms with Gasteiger partial charge in [-0.25, -0.2) is 8.78 Å². The van der Waals surface area contributed by atoms with E-state index in [0.717, 1.165) is 0 Å². The lowest BCUT2D eigenvalue weighted by Gasteiger charge is -2.49. The van der Waals surface area contributed by atoms with Gasteiger partial charge in [0.25, 0.3) is 0 Å². The van der Waals surface area contributed by atoms with Gasteiger partial charge in [0.15, 0.2) is 5.82 Å². The van der Waals surface area contributed by atoms with E-state index in [1.54, 1.807) is 6.92 Å². The van der Waals surface area contributed by atoms with Crippen LogP contribution in [0.1, 0.15) is 25.8 Å². The third-order valence-electron chi connectivity index (χ3n) is 3.82. The molecule has 0 bridgehead atoms.